The van der Waals surface area contributed by atoms with E-state index in [-0.39, 0.29) is 0 Å². The van der Waals surface area contributed by atoms with E-state index < -0.39 is 0 Å². The molecule has 0 radical (unpaired) electrons. The maximum atomic E-state index is 5.95. The molecular weight excluding hydrogens is 268 g/mol. The van der Waals surface area contributed by atoms with Crippen molar-refractivity contribution in [2.24, 2.45) is 0 Å². The van der Waals surface area contributed by atoms with Crippen LogP contribution in [0.3, 0.4) is 0 Å². The maximum absolute atomic E-state index is 5.95. The summed E-state index contributed by atoms with van der Waals surface area (Å²) < 4.78 is 5.44. The lowest BCUT2D eigenvalue weighted by Gasteiger charge is -2.06. The standard InChI is InChI=1S/C16H16N2OS/c1-10(2)11-5-7-12(8-6-11)15-14(16(17)18-19-15)13-4-3-9-20-13/h3-10H,1-2H3,(H2,17,18). The Hall–Kier alpha value is -2.07. The molecule has 0 saturated heterocycles. The van der Waals surface area contributed by atoms with E-state index in [1.165, 1.54) is 5.56 Å². The molecule has 4 heteroatoms. The van der Waals surface area contributed by atoms with Gasteiger partial charge in [-0.1, -0.05) is 49.3 Å². The molecule has 20 heavy (non-hydrogen) atoms. The van der Waals surface area contributed by atoms with Gasteiger partial charge in [-0.3, -0.25) is 0 Å². The van der Waals surface area contributed by atoms with E-state index in [0.29, 0.717) is 11.7 Å². The van der Waals surface area contributed by atoms with Crippen molar-refractivity contribution < 1.29 is 4.52 Å². The van der Waals surface area contributed by atoms with E-state index in [4.69, 9.17) is 10.3 Å². The zero-order valence-corrected chi connectivity index (χ0v) is 12.3. The first-order valence-corrected chi connectivity index (χ1v) is 7.44. The molecule has 0 saturated carbocycles. The molecule has 3 nitrogen and oxygen atoms in total. The van der Waals surface area contributed by atoms with Crippen molar-refractivity contribution in [3.8, 4) is 21.8 Å². The summed E-state index contributed by atoms with van der Waals surface area (Å²) in [5, 5.41) is 5.94. The molecule has 0 aliphatic carbocycles. The Morgan fingerprint density at radius 1 is 1.15 bits per heavy atom. The summed E-state index contributed by atoms with van der Waals surface area (Å²) >= 11 is 1.63. The summed E-state index contributed by atoms with van der Waals surface area (Å²) in [6, 6.07) is 12.4. The van der Waals surface area contributed by atoms with E-state index >= 15 is 0 Å². The molecule has 0 spiro atoms. The van der Waals surface area contributed by atoms with E-state index in [0.717, 1.165) is 21.8 Å². The number of hydrogen-bond acceptors (Lipinski definition) is 4. The lowest BCUT2D eigenvalue weighted by atomic mass is 10.00. The molecule has 2 heterocycles. The minimum atomic E-state index is 0.440. The van der Waals surface area contributed by atoms with Gasteiger partial charge in [-0.15, -0.1) is 11.3 Å². The molecule has 0 aliphatic heterocycles. The molecule has 3 rings (SSSR count). The number of benzene rings is 1. The van der Waals surface area contributed by atoms with E-state index in [9.17, 15) is 0 Å². The van der Waals surface area contributed by atoms with Crippen LogP contribution in [0.4, 0.5) is 5.82 Å². The smallest absolute Gasteiger partial charge is 0.177 e. The predicted octanol–water partition coefficient (Wildman–Crippen LogP) is 4.78. The minimum Gasteiger partial charge on any atom is -0.380 e. The molecule has 1 aromatic carbocycles. The third kappa shape index (κ3) is 2.23. The van der Waals surface area contributed by atoms with Crippen LogP contribution in [0.1, 0.15) is 25.3 Å². The van der Waals surface area contributed by atoms with Crippen molar-refractivity contribution in [2.45, 2.75) is 19.8 Å². The number of nitrogens with two attached hydrogens (primary N) is 1. The summed E-state index contributed by atoms with van der Waals surface area (Å²) in [4.78, 5) is 1.08. The van der Waals surface area contributed by atoms with E-state index in [2.05, 4.69) is 43.3 Å². The Labute approximate surface area is 122 Å². The first kappa shape index (κ1) is 12.9. The van der Waals surface area contributed by atoms with Gasteiger partial charge in [0.15, 0.2) is 11.6 Å². The van der Waals surface area contributed by atoms with Gasteiger partial charge in [0, 0.05) is 10.4 Å². The fourth-order valence-electron chi connectivity index (χ4n) is 2.18. The van der Waals surface area contributed by atoms with Crippen LogP contribution in [0.25, 0.3) is 21.8 Å². The van der Waals surface area contributed by atoms with Gasteiger partial charge in [-0.2, -0.15) is 0 Å². The van der Waals surface area contributed by atoms with Gasteiger partial charge in [0.05, 0.1) is 5.56 Å². The zero-order chi connectivity index (χ0) is 14.1. The summed E-state index contributed by atoms with van der Waals surface area (Å²) in [6.45, 7) is 4.36. The van der Waals surface area contributed by atoms with Crippen molar-refractivity contribution in [1.29, 1.82) is 0 Å². The van der Waals surface area contributed by atoms with E-state index in [1.807, 2.05) is 17.5 Å². The molecule has 3 aromatic rings. The van der Waals surface area contributed by atoms with Crippen molar-refractivity contribution in [1.82, 2.24) is 5.16 Å². The Morgan fingerprint density at radius 3 is 2.50 bits per heavy atom. The van der Waals surface area contributed by atoms with Crippen LogP contribution in [0.2, 0.25) is 0 Å². The summed E-state index contributed by atoms with van der Waals surface area (Å²) in [6.07, 6.45) is 0. The van der Waals surface area contributed by atoms with Gasteiger partial charge in [0.1, 0.15) is 0 Å². The molecule has 0 amide bonds. The molecule has 102 valence electrons. The Balaban J connectivity index is 2.07. The van der Waals surface area contributed by atoms with Crippen LogP contribution < -0.4 is 5.73 Å². The van der Waals surface area contributed by atoms with Gasteiger partial charge in [-0.05, 0) is 22.9 Å². The summed E-state index contributed by atoms with van der Waals surface area (Å²) in [5.41, 5.74) is 9.14. The average Bonchev–Trinajstić information content (AvgIpc) is 3.07. The summed E-state index contributed by atoms with van der Waals surface area (Å²) in [7, 11) is 0. The number of rotatable bonds is 3. The highest BCUT2D eigenvalue weighted by molar-refractivity contribution is 7.13. The SMILES string of the molecule is CC(C)c1ccc(-c2onc(N)c2-c2cccs2)cc1. The van der Waals surface area contributed by atoms with Gasteiger partial charge in [0.2, 0.25) is 0 Å². The normalized spacial score (nSPS) is 11.2. The highest BCUT2D eigenvalue weighted by atomic mass is 32.1. The van der Waals surface area contributed by atoms with E-state index in [1.54, 1.807) is 11.3 Å². The Bertz CT molecular complexity index is 697. The van der Waals surface area contributed by atoms with Crippen molar-refractivity contribution >= 4 is 17.2 Å². The Kier molecular flexibility index (Phi) is 3.32. The number of hydrogen-bond donors (Lipinski definition) is 1. The second kappa shape index (κ2) is 5.13. The fraction of sp³-hybridized carbons (Fsp3) is 0.188. The minimum absolute atomic E-state index is 0.440. The highest BCUT2D eigenvalue weighted by Gasteiger charge is 2.18. The maximum Gasteiger partial charge on any atom is 0.177 e. The van der Waals surface area contributed by atoms with Crippen LogP contribution in [-0.2, 0) is 0 Å². The number of anilines is 1. The molecule has 0 bridgehead atoms. The van der Waals surface area contributed by atoms with Crippen LogP contribution in [-0.4, -0.2) is 5.16 Å². The van der Waals surface area contributed by atoms with Gasteiger partial charge >= 0.3 is 0 Å². The van der Waals surface area contributed by atoms with Gasteiger partial charge < -0.3 is 10.3 Å². The van der Waals surface area contributed by atoms with Gasteiger partial charge in [0.25, 0.3) is 0 Å². The molecule has 0 unspecified atom stereocenters. The lowest BCUT2D eigenvalue weighted by Crippen LogP contribution is -1.88. The molecule has 0 fully saturated rings. The summed E-state index contributed by atoms with van der Waals surface area (Å²) in [5.74, 6) is 1.69. The third-order valence-electron chi connectivity index (χ3n) is 3.33. The zero-order valence-electron chi connectivity index (χ0n) is 11.5. The highest BCUT2D eigenvalue weighted by Crippen LogP contribution is 2.38. The largest absolute Gasteiger partial charge is 0.380 e. The predicted molar refractivity (Wildman–Crippen MR) is 83.8 cm³/mol. The number of nitrogen functional groups attached to an aromatic ring is 1. The second-order valence-electron chi connectivity index (χ2n) is 5.03. The van der Waals surface area contributed by atoms with Gasteiger partial charge in [-0.25, -0.2) is 0 Å². The number of aromatic nitrogens is 1. The first-order valence-electron chi connectivity index (χ1n) is 6.56. The Morgan fingerprint density at radius 2 is 1.90 bits per heavy atom. The first-order chi connectivity index (χ1) is 9.66. The number of thiophene rings is 1. The quantitative estimate of drug-likeness (QED) is 0.753. The molecule has 2 aromatic heterocycles. The van der Waals surface area contributed by atoms with Crippen LogP contribution in [0, 0.1) is 0 Å². The molecule has 0 aliphatic rings. The monoisotopic (exact) mass is 284 g/mol. The van der Waals surface area contributed by atoms with Crippen LogP contribution in [0.15, 0.2) is 46.3 Å². The third-order valence-corrected chi connectivity index (χ3v) is 4.21. The molecule has 0 atom stereocenters. The van der Waals surface area contributed by atoms with Crippen molar-refractivity contribution in [3.05, 3.63) is 47.3 Å². The fourth-order valence-corrected chi connectivity index (χ4v) is 2.95. The second-order valence-corrected chi connectivity index (χ2v) is 5.97. The van der Waals surface area contributed by atoms with Crippen LogP contribution >= 0.6 is 11.3 Å². The number of nitrogens with zero attached hydrogens (tertiary/aromatic N) is 1. The molecule has 2 N–H and O–H groups in total. The topological polar surface area (TPSA) is 52.0 Å². The average molecular weight is 284 g/mol. The lowest BCUT2D eigenvalue weighted by molar-refractivity contribution is 0.436. The van der Waals surface area contributed by atoms with Crippen molar-refractivity contribution in [2.75, 3.05) is 5.73 Å². The van der Waals surface area contributed by atoms with Crippen LogP contribution in [0.5, 0.6) is 0 Å². The molecular formula is C16H16N2OS. The van der Waals surface area contributed by atoms with Crippen molar-refractivity contribution in [3.63, 3.8) is 0 Å².